The number of hydrogen-bond acceptors (Lipinski definition) is 4. The largest absolute Gasteiger partial charge is 0.357 e. The van der Waals surface area contributed by atoms with Gasteiger partial charge < -0.3 is 16.0 Å². The molecule has 1 aromatic rings. The van der Waals surface area contributed by atoms with Crippen molar-refractivity contribution in [3.63, 3.8) is 0 Å². The van der Waals surface area contributed by atoms with E-state index in [-0.39, 0.29) is 14.7 Å². The molecule has 0 spiro atoms. The predicted molar refractivity (Wildman–Crippen MR) is 201 cm³/mol. The molecule has 3 amide bonds. The predicted octanol–water partition coefficient (Wildman–Crippen LogP) is 9.32. The van der Waals surface area contributed by atoms with E-state index in [1.165, 1.54) is 19.3 Å². The van der Waals surface area contributed by atoms with Gasteiger partial charge in [0.1, 0.15) is 0 Å². The van der Waals surface area contributed by atoms with Crippen molar-refractivity contribution in [1.82, 2.24) is 20.9 Å². The van der Waals surface area contributed by atoms with Gasteiger partial charge in [0.25, 0.3) is 5.91 Å². The molecule has 0 aromatic carbocycles. The number of carbonyl (C=O) groups excluding carboxylic acids is 3. The Balaban J connectivity index is -0.000000389. The molecule has 0 unspecified atom stereocenters. The van der Waals surface area contributed by atoms with Crippen molar-refractivity contribution in [2.45, 2.75) is 112 Å². The van der Waals surface area contributed by atoms with Crippen molar-refractivity contribution in [2.24, 2.45) is 5.92 Å². The topological polar surface area (TPSA) is 100 Å². The Morgan fingerprint density at radius 1 is 0.804 bits per heavy atom. The first-order valence-corrected chi connectivity index (χ1v) is 17.5. The van der Waals surface area contributed by atoms with Crippen LogP contribution < -0.4 is 16.0 Å². The summed E-state index contributed by atoms with van der Waals surface area (Å²) in [6, 6.07) is 3.56. The molecule has 3 N–H and O–H groups in total. The standard InChI is InChI=1S/C23H36N2O2.C12H16N2O.2C2H6.2H2/c1-2-3-4-5-6-7-8-9-10-11-12-13-14-15-16-17-18-19-23(27)25-21-20-24-22-26;15-12(11-4-2-7-13-9-11)14-8-1-3-10-5-6-10;2*1-2;;/h3-4,6-7,9-10,12-13,15-16,22H,2,5,8,11,14,17-21H2,1H3,(H,24,26)(H,25,27);2,4,7,9-10H,1,3,5-6,8H2,(H,14,15);2*1-2H3;2*1H/b4-3-,7-6-,10-9-,13-12-,16-15-;;;;;. The molecule has 1 fully saturated rings. The number of aromatic nitrogens is 1. The number of amides is 3. The maximum atomic E-state index is 11.6. The highest BCUT2D eigenvalue weighted by Crippen LogP contribution is 2.33. The third-order valence-corrected chi connectivity index (χ3v) is 6.30. The van der Waals surface area contributed by atoms with Crippen LogP contribution >= 0.6 is 0 Å². The van der Waals surface area contributed by atoms with E-state index in [0.717, 1.165) is 63.8 Å². The van der Waals surface area contributed by atoms with Crippen LogP contribution in [0.15, 0.2) is 85.3 Å². The average molecular weight is 641 g/mol. The molecule has 0 radical (unpaired) electrons. The Morgan fingerprint density at radius 3 is 1.91 bits per heavy atom. The first kappa shape index (κ1) is 44.4. The number of unbranched alkanes of at least 4 members (excludes halogenated alkanes) is 1. The summed E-state index contributed by atoms with van der Waals surface area (Å²) in [5, 5.41) is 8.17. The van der Waals surface area contributed by atoms with Crippen LogP contribution in [0.2, 0.25) is 0 Å². The summed E-state index contributed by atoms with van der Waals surface area (Å²) in [5.41, 5.74) is 0.643. The number of nitrogens with one attached hydrogen (secondary N) is 3. The quantitative estimate of drug-likeness (QED) is 0.0668. The minimum atomic E-state index is -0.0149. The molecule has 1 saturated carbocycles. The minimum absolute atomic E-state index is 0. The Hall–Kier alpha value is -3.74. The number of pyridine rings is 1. The molecular weight excluding hydrogens is 572 g/mol. The number of allylic oxidation sites excluding steroid dienone is 10. The summed E-state index contributed by atoms with van der Waals surface area (Å²) >= 11 is 0. The number of carbonyl (C=O) groups is 3. The molecule has 1 aliphatic carbocycles. The smallest absolute Gasteiger partial charge is 0.252 e. The van der Waals surface area contributed by atoms with Crippen LogP contribution in [0.4, 0.5) is 0 Å². The van der Waals surface area contributed by atoms with E-state index in [0.29, 0.717) is 31.5 Å². The van der Waals surface area contributed by atoms with Crippen molar-refractivity contribution < 1.29 is 17.2 Å². The maximum Gasteiger partial charge on any atom is 0.252 e. The van der Waals surface area contributed by atoms with Gasteiger partial charge in [-0.2, -0.15) is 0 Å². The first-order valence-electron chi connectivity index (χ1n) is 17.5. The van der Waals surface area contributed by atoms with Gasteiger partial charge in [0.2, 0.25) is 12.3 Å². The maximum absolute atomic E-state index is 11.6. The van der Waals surface area contributed by atoms with Gasteiger partial charge in [0, 0.05) is 41.3 Å². The first-order chi connectivity index (χ1) is 22.7. The fraction of sp³-hybridized carbons (Fsp3) is 0.538. The molecule has 7 nitrogen and oxygen atoms in total. The molecular formula is C39H68N4O3. The lowest BCUT2D eigenvalue weighted by atomic mass is 10.2. The molecule has 0 aliphatic heterocycles. The molecule has 0 saturated heterocycles. The molecule has 1 heterocycles. The van der Waals surface area contributed by atoms with Gasteiger partial charge in [0.15, 0.2) is 0 Å². The summed E-state index contributed by atoms with van der Waals surface area (Å²) in [5.74, 6) is 0.967. The molecule has 1 aromatic heterocycles. The molecule has 262 valence electrons. The van der Waals surface area contributed by atoms with Crippen molar-refractivity contribution >= 4 is 18.2 Å². The SMILES string of the molecule is CC.CC.CC/C=C\C/C=C\C/C=C\C/C=C\C/C=C\CCCC(=O)NCCNC=O.O=C(NCCCC1CC1)c1cccnc1.[HH].[HH]. The zero-order valence-electron chi connectivity index (χ0n) is 29.5. The van der Waals surface area contributed by atoms with Crippen molar-refractivity contribution in [3.05, 3.63) is 90.9 Å². The summed E-state index contributed by atoms with van der Waals surface area (Å²) < 4.78 is 0. The van der Waals surface area contributed by atoms with Crippen LogP contribution in [0.3, 0.4) is 0 Å². The fourth-order valence-electron chi connectivity index (χ4n) is 3.77. The zero-order valence-corrected chi connectivity index (χ0v) is 29.5. The lowest BCUT2D eigenvalue weighted by molar-refractivity contribution is -0.121. The number of rotatable bonds is 22. The van der Waals surface area contributed by atoms with Gasteiger partial charge in [-0.15, -0.1) is 0 Å². The van der Waals surface area contributed by atoms with Crippen LogP contribution in [-0.4, -0.2) is 42.8 Å². The lowest BCUT2D eigenvalue weighted by Crippen LogP contribution is -2.31. The third-order valence-electron chi connectivity index (χ3n) is 6.30. The molecule has 7 heteroatoms. The highest BCUT2D eigenvalue weighted by atomic mass is 16.2. The number of hydrogen-bond donors (Lipinski definition) is 3. The monoisotopic (exact) mass is 641 g/mol. The second-order valence-corrected chi connectivity index (χ2v) is 10.1. The normalized spacial score (nSPS) is 12.3. The van der Waals surface area contributed by atoms with Gasteiger partial charge >= 0.3 is 0 Å². The van der Waals surface area contributed by atoms with Gasteiger partial charge in [-0.3, -0.25) is 19.4 Å². The Labute approximate surface area is 284 Å². The summed E-state index contributed by atoms with van der Waals surface area (Å²) in [7, 11) is 0. The van der Waals surface area contributed by atoms with Crippen LogP contribution in [0, 0.1) is 5.92 Å². The Kier molecular flexibility index (Phi) is 36.1. The molecule has 0 atom stereocenters. The summed E-state index contributed by atoms with van der Waals surface area (Å²) in [4.78, 5) is 37.0. The molecule has 1 aliphatic rings. The summed E-state index contributed by atoms with van der Waals surface area (Å²) in [6.45, 7) is 11.9. The van der Waals surface area contributed by atoms with Gasteiger partial charge in [-0.25, -0.2) is 0 Å². The van der Waals surface area contributed by atoms with E-state index in [2.05, 4.69) is 88.6 Å². The van der Waals surface area contributed by atoms with E-state index < -0.39 is 0 Å². The van der Waals surface area contributed by atoms with Crippen molar-refractivity contribution in [2.75, 3.05) is 19.6 Å². The van der Waals surface area contributed by atoms with E-state index in [9.17, 15) is 14.4 Å². The van der Waals surface area contributed by atoms with Crippen LogP contribution in [-0.2, 0) is 9.59 Å². The molecule has 46 heavy (non-hydrogen) atoms. The Morgan fingerprint density at radius 2 is 1.39 bits per heavy atom. The van der Waals surface area contributed by atoms with E-state index in [4.69, 9.17) is 0 Å². The highest BCUT2D eigenvalue weighted by molar-refractivity contribution is 5.93. The van der Waals surface area contributed by atoms with E-state index in [1.54, 1.807) is 24.5 Å². The summed E-state index contributed by atoms with van der Waals surface area (Å²) in [6.07, 6.45) is 38.1. The number of nitrogens with zero attached hydrogens (tertiary/aromatic N) is 1. The highest BCUT2D eigenvalue weighted by Gasteiger charge is 2.20. The van der Waals surface area contributed by atoms with E-state index in [1.807, 2.05) is 27.7 Å². The van der Waals surface area contributed by atoms with Gasteiger partial charge in [-0.1, -0.05) is 108 Å². The lowest BCUT2D eigenvalue weighted by Gasteiger charge is -2.03. The van der Waals surface area contributed by atoms with Crippen LogP contribution in [0.25, 0.3) is 0 Å². The molecule has 2 rings (SSSR count). The minimum Gasteiger partial charge on any atom is -0.357 e. The third kappa shape index (κ3) is 33.2. The fourth-order valence-corrected chi connectivity index (χ4v) is 3.77. The average Bonchev–Trinajstić information content (AvgIpc) is 3.93. The second kappa shape index (κ2) is 37.4. The van der Waals surface area contributed by atoms with Crippen molar-refractivity contribution in [1.29, 1.82) is 0 Å². The zero-order chi connectivity index (χ0) is 34.4. The second-order valence-electron chi connectivity index (χ2n) is 10.1. The van der Waals surface area contributed by atoms with Gasteiger partial charge in [-0.05, 0) is 75.8 Å². The van der Waals surface area contributed by atoms with E-state index >= 15 is 0 Å². The Bertz CT molecular complexity index is 992. The van der Waals surface area contributed by atoms with Crippen molar-refractivity contribution in [3.8, 4) is 0 Å². The molecule has 0 bridgehead atoms. The van der Waals surface area contributed by atoms with Crippen LogP contribution in [0.1, 0.15) is 125 Å². The van der Waals surface area contributed by atoms with Crippen LogP contribution in [0.5, 0.6) is 0 Å². The van der Waals surface area contributed by atoms with Gasteiger partial charge in [0.05, 0.1) is 5.56 Å².